The number of aromatic nitrogens is 2. The van der Waals surface area contributed by atoms with Gasteiger partial charge in [0.2, 0.25) is 5.95 Å². The Morgan fingerprint density at radius 1 is 1.32 bits per heavy atom. The van der Waals surface area contributed by atoms with Crippen LogP contribution in [0.15, 0.2) is 58.4 Å². The van der Waals surface area contributed by atoms with Gasteiger partial charge in [-0.15, -0.1) is 0 Å². The molecule has 4 rings (SSSR count). The molecular formula is C18H15N3O4. The average Bonchev–Trinajstić information content (AvgIpc) is 3.33. The van der Waals surface area contributed by atoms with Crippen molar-refractivity contribution in [2.75, 3.05) is 4.90 Å². The Bertz CT molecular complexity index is 967. The van der Waals surface area contributed by atoms with E-state index in [2.05, 4.69) is 9.97 Å². The van der Waals surface area contributed by atoms with E-state index in [1.807, 2.05) is 24.3 Å². The number of aromatic amines is 1. The fourth-order valence-electron chi connectivity index (χ4n) is 3.07. The first-order valence-electron chi connectivity index (χ1n) is 7.90. The van der Waals surface area contributed by atoms with Gasteiger partial charge in [-0.2, -0.15) is 0 Å². The topological polar surface area (TPSA) is 99.4 Å². The summed E-state index contributed by atoms with van der Waals surface area (Å²) in [6, 6.07) is 9.81. The number of amides is 1. The smallest absolute Gasteiger partial charge is 0.296 e. The number of aliphatic hydroxyl groups is 1. The molecule has 126 valence electrons. The fourth-order valence-corrected chi connectivity index (χ4v) is 3.07. The molecule has 7 nitrogen and oxygen atoms in total. The summed E-state index contributed by atoms with van der Waals surface area (Å²) >= 11 is 0. The largest absolute Gasteiger partial charge is 0.503 e. The Morgan fingerprint density at radius 3 is 2.80 bits per heavy atom. The molecule has 0 saturated heterocycles. The van der Waals surface area contributed by atoms with Gasteiger partial charge < -0.3 is 14.5 Å². The first-order valence-corrected chi connectivity index (χ1v) is 7.90. The molecule has 3 aromatic rings. The number of nitrogens with one attached hydrogen (secondary N) is 1. The molecule has 2 N–H and O–H groups in total. The maximum Gasteiger partial charge on any atom is 0.296 e. The molecule has 2 aromatic heterocycles. The maximum atomic E-state index is 12.7. The summed E-state index contributed by atoms with van der Waals surface area (Å²) in [6.45, 7) is 1.68. The van der Waals surface area contributed by atoms with Crippen LogP contribution in [0, 0.1) is 0 Å². The molecule has 0 radical (unpaired) electrons. The molecule has 0 aliphatic carbocycles. The lowest BCUT2D eigenvalue weighted by Gasteiger charge is -2.22. The molecule has 1 aliphatic heterocycles. The fraction of sp³-hybridized carbons (Fsp3) is 0.167. The van der Waals surface area contributed by atoms with Crippen molar-refractivity contribution in [2.24, 2.45) is 0 Å². The highest BCUT2D eigenvalue weighted by Gasteiger charge is 2.46. The third-order valence-electron chi connectivity index (χ3n) is 4.25. The molecule has 7 heteroatoms. The van der Waals surface area contributed by atoms with Crippen molar-refractivity contribution in [3.63, 3.8) is 0 Å². The van der Waals surface area contributed by atoms with Crippen LogP contribution in [-0.4, -0.2) is 26.8 Å². The molecule has 3 heterocycles. The van der Waals surface area contributed by atoms with E-state index in [0.717, 1.165) is 5.52 Å². The number of carbonyl (C=O) groups is 2. The summed E-state index contributed by atoms with van der Waals surface area (Å²) in [4.78, 5) is 33.8. The van der Waals surface area contributed by atoms with Crippen LogP contribution in [-0.2, 0) is 9.59 Å². The van der Waals surface area contributed by atoms with Crippen molar-refractivity contribution < 1.29 is 19.1 Å². The third kappa shape index (κ3) is 2.24. The van der Waals surface area contributed by atoms with Crippen LogP contribution in [0.5, 0.6) is 0 Å². The Labute approximate surface area is 142 Å². The summed E-state index contributed by atoms with van der Waals surface area (Å²) in [5.74, 6) is -0.926. The number of fused-ring (bicyclic) bond motifs is 1. The summed E-state index contributed by atoms with van der Waals surface area (Å²) in [5.41, 5.74) is 1.46. The van der Waals surface area contributed by atoms with Gasteiger partial charge in [0.25, 0.3) is 5.91 Å². The number of Topliss-reactive ketones (excluding diaryl/α,β-unsaturated/α-hetero) is 1. The molecule has 1 aliphatic rings. The van der Waals surface area contributed by atoms with Crippen LogP contribution < -0.4 is 4.90 Å². The van der Waals surface area contributed by atoms with E-state index in [9.17, 15) is 14.7 Å². The first kappa shape index (κ1) is 15.2. The number of imidazole rings is 1. The monoisotopic (exact) mass is 337 g/mol. The number of carbonyl (C=O) groups excluding carboxylic acids is 2. The van der Waals surface area contributed by atoms with Crippen LogP contribution in [0.25, 0.3) is 11.0 Å². The van der Waals surface area contributed by atoms with E-state index in [1.54, 1.807) is 19.1 Å². The number of hydrogen-bond donors (Lipinski definition) is 2. The van der Waals surface area contributed by atoms with Crippen LogP contribution in [0.2, 0.25) is 0 Å². The number of anilines is 1. The minimum absolute atomic E-state index is 0.0305. The molecule has 25 heavy (non-hydrogen) atoms. The number of nitrogens with zero attached hydrogens (tertiary/aromatic N) is 2. The van der Waals surface area contributed by atoms with Gasteiger partial charge >= 0.3 is 0 Å². The van der Waals surface area contributed by atoms with Gasteiger partial charge in [0.1, 0.15) is 11.8 Å². The van der Waals surface area contributed by atoms with Crippen LogP contribution >= 0.6 is 0 Å². The van der Waals surface area contributed by atoms with Crippen molar-refractivity contribution in [3.8, 4) is 0 Å². The second-order valence-electron chi connectivity index (χ2n) is 5.71. The zero-order valence-corrected chi connectivity index (χ0v) is 13.4. The number of aliphatic hydroxyl groups excluding tert-OH is 1. The van der Waals surface area contributed by atoms with E-state index in [0.29, 0.717) is 11.3 Å². The van der Waals surface area contributed by atoms with Gasteiger partial charge in [0.05, 0.1) is 22.9 Å². The molecule has 0 bridgehead atoms. The van der Waals surface area contributed by atoms with Crippen LogP contribution in [0.3, 0.4) is 0 Å². The normalized spacial score (nSPS) is 17.7. The molecule has 0 fully saturated rings. The number of rotatable bonds is 4. The lowest BCUT2D eigenvalue weighted by atomic mass is 10.00. The molecule has 1 aromatic carbocycles. The lowest BCUT2D eigenvalue weighted by Crippen LogP contribution is -2.31. The molecular weight excluding hydrogens is 322 g/mol. The highest BCUT2D eigenvalue weighted by molar-refractivity contribution is 6.16. The van der Waals surface area contributed by atoms with Gasteiger partial charge in [-0.1, -0.05) is 19.1 Å². The SMILES string of the molecule is CCC(=O)C1=C(O)C(=O)N(c2nc3ccccc3[nH]2)C1c1ccco1. The molecule has 0 saturated carbocycles. The van der Waals surface area contributed by atoms with Gasteiger partial charge in [-0.25, -0.2) is 4.98 Å². The highest BCUT2D eigenvalue weighted by atomic mass is 16.3. The number of H-pyrrole nitrogens is 1. The second-order valence-corrected chi connectivity index (χ2v) is 5.71. The highest BCUT2D eigenvalue weighted by Crippen LogP contribution is 2.40. The average molecular weight is 337 g/mol. The molecule has 1 amide bonds. The van der Waals surface area contributed by atoms with Crippen LogP contribution in [0.1, 0.15) is 25.1 Å². The zero-order valence-electron chi connectivity index (χ0n) is 13.4. The molecule has 0 spiro atoms. The Hall–Kier alpha value is -3.35. The minimum Gasteiger partial charge on any atom is -0.503 e. The van der Waals surface area contributed by atoms with Crippen molar-refractivity contribution in [1.82, 2.24) is 9.97 Å². The number of furan rings is 1. The van der Waals surface area contributed by atoms with E-state index in [1.165, 1.54) is 11.2 Å². The number of benzene rings is 1. The van der Waals surface area contributed by atoms with Crippen molar-refractivity contribution in [1.29, 1.82) is 0 Å². The van der Waals surface area contributed by atoms with E-state index in [4.69, 9.17) is 4.42 Å². The van der Waals surface area contributed by atoms with E-state index in [-0.39, 0.29) is 23.7 Å². The summed E-state index contributed by atoms with van der Waals surface area (Å²) in [5, 5.41) is 10.3. The molecule has 1 atom stereocenters. The van der Waals surface area contributed by atoms with Crippen molar-refractivity contribution in [3.05, 3.63) is 59.8 Å². The predicted molar refractivity (Wildman–Crippen MR) is 90.0 cm³/mol. The zero-order chi connectivity index (χ0) is 17.6. The third-order valence-corrected chi connectivity index (χ3v) is 4.25. The van der Waals surface area contributed by atoms with Gasteiger partial charge in [-0.3, -0.25) is 14.5 Å². The second kappa shape index (κ2) is 5.62. The Balaban J connectivity index is 1.89. The number of para-hydroxylation sites is 2. The number of hydrogen-bond acceptors (Lipinski definition) is 5. The van der Waals surface area contributed by atoms with Gasteiger partial charge in [0.15, 0.2) is 11.5 Å². The van der Waals surface area contributed by atoms with E-state index >= 15 is 0 Å². The van der Waals surface area contributed by atoms with Crippen molar-refractivity contribution in [2.45, 2.75) is 19.4 Å². The Kier molecular flexibility index (Phi) is 3.42. The van der Waals surface area contributed by atoms with Gasteiger partial charge in [0, 0.05) is 6.42 Å². The quantitative estimate of drug-likeness (QED) is 0.762. The first-order chi connectivity index (χ1) is 12.1. The van der Waals surface area contributed by atoms with Gasteiger partial charge in [-0.05, 0) is 24.3 Å². The standard InChI is InChI=1S/C18H15N3O4/c1-2-12(22)14-15(13-8-5-9-25-13)21(17(24)16(14)23)18-19-10-6-3-4-7-11(10)20-18/h3-9,15,23H,2H2,1H3,(H,19,20). The summed E-state index contributed by atoms with van der Waals surface area (Å²) < 4.78 is 5.43. The number of ketones is 1. The van der Waals surface area contributed by atoms with Crippen LogP contribution in [0.4, 0.5) is 5.95 Å². The molecule has 1 unspecified atom stereocenters. The predicted octanol–water partition coefficient (Wildman–Crippen LogP) is 3.04. The minimum atomic E-state index is -0.851. The Morgan fingerprint density at radius 2 is 2.12 bits per heavy atom. The summed E-state index contributed by atoms with van der Waals surface area (Å²) in [6.07, 6.45) is 1.62. The van der Waals surface area contributed by atoms with Crippen molar-refractivity contribution >= 4 is 28.7 Å². The van der Waals surface area contributed by atoms with E-state index < -0.39 is 17.7 Å². The maximum absolute atomic E-state index is 12.7. The summed E-state index contributed by atoms with van der Waals surface area (Å²) in [7, 11) is 0. The lowest BCUT2D eigenvalue weighted by molar-refractivity contribution is -0.118.